The van der Waals surface area contributed by atoms with Crippen LogP contribution in [0, 0.1) is 6.92 Å². The first kappa shape index (κ1) is 21.3. The number of nitrogens with zero attached hydrogens (tertiary/aromatic N) is 1. The Balaban J connectivity index is 1.41. The van der Waals surface area contributed by atoms with Crippen molar-refractivity contribution in [1.82, 2.24) is 15.8 Å². The number of ether oxygens (including phenoxy) is 1. The largest absolute Gasteiger partial charge is 0.489 e. The second-order valence-corrected chi connectivity index (χ2v) is 7.97. The molecule has 0 radical (unpaired) electrons. The van der Waals surface area contributed by atoms with Gasteiger partial charge in [0.1, 0.15) is 22.2 Å². The molecular formula is C25H21N3O3S. The lowest BCUT2D eigenvalue weighted by molar-refractivity contribution is 0.0847. The lowest BCUT2D eigenvalue weighted by Gasteiger charge is -2.12. The third-order valence-corrected chi connectivity index (χ3v) is 5.92. The van der Waals surface area contributed by atoms with E-state index in [2.05, 4.69) is 15.8 Å². The minimum atomic E-state index is -0.420. The molecule has 0 bridgehead atoms. The molecule has 0 saturated heterocycles. The van der Waals surface area contributed by atoms with Crippen LogP contribution in [0.15, 0.2) is 84.9 Å². The number of carbonyl (C=O) groups excluding carboxylic acids is 2. The Morgan fingerprint density at radius 2 is 1.47 bits per heavy atom. The molecule has 4 rings (SSSR count). The second-order valence-electron chi connectivity index (χ2n) is 6.97. The summed E-state index contributed by atoms with van der Waals surface area (Å²) in [6.45, 7) is 2.01. The van der Waals surface area contributed by atoms with Crippen molar-refractivity contribution in [3.63, 3.8) is 0 Å². The van der Waals surface area contributed by atoms with Crippen molar-refractivity contribution in [3.05, 3.63) is 107 Å². The molecule has 2 amide bonds. The number of hydrogen-bond acceptors (Lipinski definition) is 5. The summed E-state index contributed by atoms with van der Waals surface area (Å²) in [7, 11) is 0. The summed E-state index contributed by atoms with van der Waals surface area (Å²) < 4.78 is 5.76. The van der Waals surface area contributed by atoms with E-state index in [-0.39, 0.29) is 6.61 Å². The second kappa shape index (κ2) is 9.89. The van der Waals surface area contributed by atoms with Gasteiger partial charge in [0.2, 0.25) is 0 Å². The zero-order valence-corrected chi connectivity index (χ0v) is 18.2. The average Bonchev–Trinajstić information content (AvgIpc) is 3.24. The van der Waals surface area contributed by atoms with Crippen molar-refractivity contribution >= 4 is 23.2 Å². The number of benzene rings is 3. The Hall–Kier alpha value is -3.97. The fourth-order valence-corrected chi connectivity index (χ4v) is 4.06. The van der Waals surface area contributed by atoms with E-state index in [4.69, 9.17) is 4.74 Å². The third-order valence-electron chi connectivity index (χ3n) is 4.71. The van der Waals surface area contributed by atoms with Gasteiger partial charge in [-0.3, -0.25) is 20.4 Å². The number of aromatic nitrogens is 1. The van der Waals surface area contributed by atoms with Gasteiger partial charge in [-0.2, -0.15) is 0 Å². The summed E-state index contributed by atoms with van der Waals surface area (Å²) in [5.74, 6) is -0.115. The van der Waals surface area contributed by atoms with Crippen molar-refractivity contribution in [3.8, 4) is 16.3 Å². The highest BCUT2D eigenvalue weighted by Crippen LogP contribution is 2.27. The van der Waals surface area contributed by atoms with Crippen LogP contribution in [0.25, 0.3) is 10.6 Å². The van der Waals surface area contributed by atoms with Crippen LogP contribution in [-0.2, 0) is 6.61 Å². The van der Waals surface area contributed by atoms with Crippen molar-refractivity contribution < 1.29 is 14.3 Å². The summed E-state index contributed by atoms with van der Waals surface area (Å²) in [4.78, 5) is 30.3. The molecule has 6 nitrogen and oxygen atoms in total. The Labute approximate surface area is 189 Å². The molecule has 0 spiro atoms. The van der Waals surface area contributed by atoms with Gasteiger partial charge in [-0.15, -0.1) is 11.3 Å². The zero-order chi connectivity index (χ0) is 22.3. The summed E-state index contributed by atoms with van der Waals surface area (Å²) in [6.07, 6.45) is 0. The van der Waals surface area contributed by atoms with E-state index in [0.29, 0.717) is 27.4 Å². The molecule has 32 heavy (non-hydrogen) atoms. The molecule has 1 aromatic heterocycles. The molecule has 0 aliphatic carbocycles. The molecule has 0 aliphatic heterocycles. The standard InChI is InChI=1S/C25H21N3O3S/c1-17-22(32-25(26-17)18-10-4-2-5-11-18)24(30)28-27-23(29)21-15-9-8-12-19(21)16-31-20-13-6-3-7-14-20/h2-15H,16H2,1H3,(H,27,29)(H,28,30). The van der Waals surface area contributed by atoms with E-state index in [0.717, 1.165) is 10.6 Å². The number of nitrogens with one attached hydrogen (secondary N) is 2. The first-order chi connectivity index (χ1) is 15.6. The number of hydrogen-bond donors (Lipinski definition) is 2. The van der Waals surface area contributed by atoms with E-state index in [9.17, 15) is 9.59 Å². The van der Waals surface area contributed by atoms with Gasteiger partial charge >= 0.3 is 0 Å². The molecule has 0 aliphatic rings. The molecule has 7 heteroatoms. The van der Waals surface area contributed by atoms with Crippen LogP contribution in [0.2, 0.25) is 0 Å². The molecule has 0 unspecified atom stereocenters. The SMILES string of the molecule is Cc1nc(-c2ccccc2)sc1C(=O)NNC(=O)c1ccccc1COc1ccccc1. The van der Waals surface area contributed by atoms with Crippen molar-refractivity contribution in [2.45, 2.75) is 13.5 Å². The number of amides is 2. The Morgan fingerprint density at radius 3 is 2.22 bits per heavy atom. The van der Waals surface area contributed by atoms with E-state index < -0.39 is 11.8 Å². The van der Waals surface area contributed by atoms with Crippen LogP contribution >= 0.6 is 11.3 Å². The molecule has 1 heterocycles. The van der Waals surface area contributed by atoms with Gasteiger partial charge in [0.15, 0.2) is 0 Å². The maximum Gasteiger partial charge on any atom is 0.281 e. The smallest absolute Gasteiger partial charge is 0.281 e. The number of thiazole rings is 1. The van der Waals surface area contributed by atoms with E-state index in [1.165, 1.54) is 11.3 Å². The predicted octanol–water partition coefficient (Wildman–Crippen LogP) is 4.77. The maximum absolute atomic E-state index is 12.7. The van der Waals surface area contributed by atoms with Crippen LogP contribution in [0.1, 0.15) is 31.3 Å². The molecule has 3 aromatic carbocycles. The van der Waals surface area contributed by atoms with Crippen molar-refractivity contribution in [2.75, 3.05) is 0 Å². The molecule has 2 N–H and O–H groups in total. The van der Waals surface area contributed by atoms with Gasteiger partial charge in [0.05, 0.1) is 5.69 Å². The first-order valence-corrected chi connectivity index (χ1v) is 10.8. The van der Waals surface area contributed by atoms with E-state index in [1.54, 1.807) is 19.1 Å². The van der Waals surface area contributed by atoms with E-state index in [1.807, 2.05) is 72.8 Å². The normalized spacial score (nSPS) is 10.4. The lowest BCUT2D eigenvalue weighted by atomic mass is 10.1. The number of rotatable bonds is 6. The lowest BCUT2D eigenvalue weighted by Crippen LogP contribution is -2.42. The fourth-order valence-electron chi connectivity index (χ4n) is 3.09. The van der Waals surface area contributed by atoms with Gasteiger partial charge < -0.3 is 4.74 Å². The minimum absolute atomic E-state index is 0.232. The average molecular weight is 444 g/mol. The minimum Gasteiger partial charge on any atom is -0.489 e. The highest BCUT2D eigenvalue weighted by Gasteiger charge is 2.18. The zero-order valence-electron chi connectivity index (χ0n) is 17.4. The van der Waals surface area contributed by atoms with Crippen molar-refractivity contribution in [2.24, 2.45) is 0 Å². The molecule has 4 aromatic rings. The molecule has 0 fully saturated rings. The first-order valence-electron chi connectivity index (χ1n) is 10.0. The summed E-state index contributed by atoms with van der Waals surface area (Å²) >= 11 is 1.28. The van der Waals surface area contributed by atoms with Crippen LogP contribution in [-0.4, -0.2) is 16.8 Å². The number of hydrazine groups is 1. The highest BCUT2D eigenvalue weighted by atomic mass is 32.1. The van der Waals surface area contributed by atoms with Crippen LogP contribution in [0.3, 0.4) is 0 Å². The predicted molar refractivity (Wildman–Crippen MR) is 124 cm³/mol. The number of para-hydroxylation sites is 1. The van der Waals surface area contributed by atoms with E-state index >= 15 is 0 Å². The fraction of sp³-hybridized carbons (Fsp3) is 0.0800. The van der Waals surface area contributed by atoms with Crippen LogP contribution in [0.5, 0.6) is 5.75 Å². The van der Waals surface area contributed by atoms with Gasteiger partial charge in [-0.25, -0.2) is 4.98 Å². The number of aryl methyl sites for hydroxylation is 1. The molecule has 0 saturated carbocycles. The van der Waals surface area contributed by atoms with Gasteiger partial charge in [-0.1, -0.05) is 66.7 Å². The van der Waals surface area contributed by atoms with Gasteiger partial charge in [0, 0.05) is 16.7 Å². The van der Waals surface area contributed by atoms with Crippen LogP contribution < -0.4 is 15.6 Å². The summed E-state index contributed by atoms with van der Waals surface area (Å²) in [5.41, 5.74) is 7.68. The summed E-state index contributed by atoms with van der Waals surface area (Å²) in [5, 5.41) is 0.753. The topological polar surface area (TPSA) is 80.3 Å². The van der Waals surface area contributed by atoms with Crippen LogP contribution in [0.4, 0.5) is 0 Å². The van der Waals surface area contributed by atoms with Crippen molar-refractivity contribution in [1.29, 1.82) is 0 Å². The Bertz CT molecular complexity index is 1220. The number of carbonyl (C=O) groups is 2. The third kappa shape index (κ3) is 5.01. The summed E-state index contributed by atoms with van der Waals surface area (Å²) in [6, 6.07) is 26.1. The van der Waals surface area contributed by atoms with Gasteiger partial charge in [0.25, 0.3) is 11.8 Å². The van der Waals surface area contributed by atoms with Gasteiger partial charge in [-0.05, 0) is 25.1 Å². The molecule has 160 valence electrons. The Kier molecular flexibility index (Phi) is 6.57. The molecular weight excluding hydrogens is 422 g/mol. The maximum atomic E-state index is 12.7. The molecule has 0 atom stereocenters. The quantitative estimate of drug-likeness (QED) is 0.421. The highest BCUT2D eigenvalue weighted by molar-refractivity contribution is 7.17. The Morgan fingerprint density at radius 1 is 0.844 bits per heavy atom. The monoisotopic (exact) mass is 443 g/mol.